The van der Waals surface area contributed by atoms with E-state index in [1.807, 2.05) is 20.8 Å². The molecule has 0 amide bonds. The fraction of sp³-hybridized carbons (Fsp3) is 0.955. The minimum absolute atomic E-state index is 0.0964. The molecule has 9 atom stereocenters. The summed E-state index contributed by atoms with van der Waals surface area (Å²) in [7, 11) is 0. The van der Waals surface area contributed by atoms with Crippen molar-refractivity contribution in [1.29, 1.82) is 0 Å². The SMILES string of the molecule is CC1(C)C(=O)C23C(CCC1[C@H]2O)[C@@]12CO[C@]3(O)[C@@H](O)[C@]1(C)C(C)(C)CC[C@@H]2O. The quantitative estimate of drug-likeness (QED) is 0.492. The van der Waals surface area contributed by atoms with Crippen molar-refractivity contribution < 1.29 is 30.0 Å². The number of hydrogen-bond donors (Lipinski definition) is 4. The van der Waals surface area contributed by atoms with Crippen LogP contribution in [0.4, 0.5) is 0 Å². The molecule has 6 fully saturated rings. The van der Waals surface area contributed by atoms with Crippen molar-refractivity contribution in [2.45, 2.75) is 84.4 Å². The number of carbonyl (C=O) groups excluding carboxylic acids is 1. The maximum Gasteiger partial charge on any atom is 0.208 e. The predicted molar refractivity (Wildman–Crippen MR) is 99.9 cm³/mol. The second-order valence-corrected chi connectivity index (χ2v) is 11.7. The zero-order chi connectivity index (χ0) is 20.7. The predicted octanol–water partition coefficient (Wildman–Crippen LogP) is 1.24. The molecule has 4 bridgehead atoms. The Morgan fingerprint density at radius 3 is 2.29 bits per heavy atom. The number of hydrogen-bond acceptors (Lipinski definition) is 6. The van der Waals surface area contributed by atoms with Crippen LogP contribution in [-0.4, -0.2) is 56.9 Å². The van der Waals surface area contributed by atoms with Gasteiger partial charge in [-0.15, -0.1) is 0 Å². The molecule has 4 N–H and O–H groups in total. The van der Waals surface area contributed by atoms with Gasteiger partial charge in [0.05, 0.1) is 18.8 Å². The first-order valence-electron chi connectivity index (χ1n) is 10.7. The Balaban J connectivity index is 1.85. The lowest BCUT2D eigenvalue weighted by atomic mass is 9.30. The zero-order valence-electron chi connectivity index (χ0n) is 17.5. The molecule has 6 rings (SSSR count). The van der Waals surface area contributed by atoms with Crippen LogP contribution in [0.2, 0.25) is 0 Å². The number of carbonyl (C=O) groups is 1. The first kappa shape index (κ1) is 19.4. The van der Waals surface area contributed by atoms with E-state index in [1.165, 1.54) is 0 Å². The Morgan fingerprint density at radius 1 is 1.00 bits per heavy atom. The summed E-state index contributed by atoms with van der Waals surface area (Å²) in [5.41, 5.74) is -4.51. The van der Waals surface area contributed by atoms with Gasteiger partial charge in [-0.25, -0.2) is 0 Å². The minimum atomic E-state index is -2.15. The summed E-state index contributed by atoms with van der Waals surface area (Å²) in [4.78, 5) is 13.9. The van der Waals surface area contributed by atoms with Crippen LogP contribution < -0.4 is 0 Å². The topological polar surface area (TPSA) is 107 Å². The van der Waals surface area contributed by atoms with E-state index in [4.69, 9.17) is 4.74 Å². The van der Waals surface area contributed by atoms with E-state index in [0.29, 0.717) is 25.7 Å². The van der Waals surface area contributed by atoms with Crippen LogP contribution in [0.15, 0.2) is 0 Å². The van der Waals surface area contributed by atoms with Crippen molar-refractivity contribution >= 4 is 5.78 Å². The van der Waals surface area contributed by atoms with Crippen LogP contribution in [0.5, 0.6) is 0 Å². The van der Waals surface area contributed by atoms with Crippen LogP contribution in [-0.2, 0) is 9.53 Å². The van der Waals surface area contributed by atoms with Crippen LogP contribution in [0, 0.1) is 38.9 Å². The van der Waals surface area contributed by atoms with Gasteiger partial charge in [-0.3, -0.25) is 4.79 Å². The molecule has 6 aliphatic rings. The molecular formula is C22H34O6. The van der Waals surface area contributed by atoms with Gasteiger partial charge in [-0.05, 0) is 42.9 Å². The largest absolute Gasteiger partial charge is 0.392 e. The Hall–Kier alpha value is -0.530. The summed E-state index contributed by atoms with van der Waals surface area (Å²) in [5, 5.41) is 46.4. The molecule has 0 aromatic carbocycles. The van der Waals surface area contributed by atoms with E-state index in [1.54, 1.807) is 0 Å². The van der Waals surface area contributed by atoms with E-state index < -0.39 is 51.7 Å². The second-order valence-electron chi connectivity index (χ2n) is 11.7. The number of rotatable bonds is 0. The number of aliphatic hydroxyl groups is 4. The zero-order valence-corrected chi connectivity index (χ0v) is 17.5. The molecule has 6 heteroatoms. The highest BCUT2D eigenvalue weighted by Gasteiger charge is 2.91. The van der Waals surface area contributed by atoms with Gasteiger partial charge in [0.2, 0.25) is 5.79 Å². The lowest BCUT2D eigenvalue weighted by Gasteiger charge is -2.79. The lowest BCUT2D eigenvalue weighted by molar-refractivity contribution is -0.481. The fourth-order valence-corrected chi connectivity index (χ4v) is 8.89. The van der Waals surface area contributed by atoms with Gasteiger partial charge < -0.3 is 25.2 Å². The van der Waals surface area contributed by atoms with Crippen LogP contribution in [0.1, 0.15) is 60.3 Å². The van der Waals surface area contributed by atoms with Gasteiger partial charge in [0.1, 0.15) is 11.5 Å². The number of ether oxygens (including phenoxy) is 1. The Morgan fingerprint density at radius 2 is 1.64 bits per heavy atom. The molecule has 2 heterocycles. The first-order chi connectivity index (χ1) is 12.8. The average Bonchev–Trinajstić information content (AvgIpc) is 2.70. The van der Waals surface area contributed by atoms with Gasteiger partial charge in [0, 0.05) is 16.2 Å². The smallest absolute Gasteiger partial charge is 0.208 e. The molecule has 158 valence electrons. The molecule has 0 radical (unpaired) electrons. The van der Waals surface area contributed by atoms with Crippen LogP contribution >= 0.6 is 0 Å². The molecule has 2 spiro atoms. The summed E-state index contributed by atoms with van der Waals surface area (Å²) in [6, 6.07) is 0. The fourth-order valence-electron chi connectivity index (χ4n) is 8.89. The molecule has 4 aliphatic carbocycles. The third kappa shape index (κ3) is 1.45. The van der Waals surface area contributed by atoms with Crippen molar-refractivity contribution in [2.24, 2.45) is 38.9 Å². The maximum atomic E-state index is 13.9. The van der Waals surface area contributed by atoms with Crippen molar-refractivity contribution in [3.05, 3.63) is 0 Å². The molecule has 4 saturated carbocycles. The Labute approximate surface area is 166 Å². The minimum Gasteiger partial charge on any atom is -0.392 e. The third-order valence-electron chi connectivity index (χ3n) is 10.7. The highest BCUT2D eigenvalue weighted by atomic mass is 16.6. The van der Waals surface area contributed by atoms with E-state index in [9.17, 15) is 25.2 Å². The number of Topliss-reactive ketones (excluding diaryl/α,β-unsaturated/α-hetero) is 1. The van der Waals surface area contributed by atoms with E-state index >= 15 is 0 Å². The maximum absolute atomic E-state index is 13.9. The molecular weight excluding hydrogens is 360 g/mol. The van der Waals surface area contributed by atoms with Crippen molar-refractivity contribution in [1.82, 2.24) is 0 Å². The number of aliphatic hydroxyl groups excluding tert-OH is 3. The number of ketones is 1. The monoisotopic (exact) mass is 394 g/mol. The molecule has 0 aromatic heterocycles. The molecule has 2 saturated heterocycles. The van der Waals surface area contributed by atoms with Gasteiger partial charge in [0.15, 0.2) is 5.78 Å². The summed E-state index contributed by atoms with van der Waals surface area (Å²) < 4.78 is 5.96. The van der Waals surface area contributed by atoms with E-state index in [0.717, 1.165) is 0 Å². The summed E-state index contributed by atoms with van der Waals surface area (Å²) >= 11 is 0. The Bertz CT molecular complexity index is 762. The van der Waals surface area contributed by atoms with Crippen LogP contribution in [0.25, 0.3) is 0 Å². The van der Waals surface area contributed by atoms with Gasteiger partial charge in [-0.1, -0.05) is 34.6 Å². The summed E-state index contributed by atoms with van der Waals surface area (Å²) in [5.74, 6) is -3.09. The summed E-state index contributed by atoms with van der Waals surface area (Å²) in [6.07, 6.45) is -0.646. The van der Waals surface area contributed by atoms with Crippen molar-refractivity contribution in [3.63, 3.8) is 0 Å². The van der Waals surface area contributed by atoms with E-state index in [-0.39, 0.29) is 23.7 Å². The lowest BCUT2D eigenvalue weighted by Crippen LogP contribution is -2.88. The first-order valence-corrected chi connectivity index (χ1v) is 10.7. The average molecular weight is 395 g/mol. The van der Waals surface area contributed by atoms with Crippen molar-refractivity contribution in [3.8, 4) is 0 Å². The van der Waals surface area contributed by atoms with Gasteiger partial charge in [0.25, 0.3) is 0 Å². The van der Waals surface area contributed by atoms with Crippen molar-refractivity contribution in [2.75, 3.05) is 6.61 Å². The second kappa shape index (κ2) is 4.86. The molecule has 6 nitrogen and oxygen atoms in total. The molecule has 3 unspecified atom stereocenters. The third-order valence-corrected chi connectivity index (χ3v) is 10.7. The highest BCUT2D eigenvalue weighted by molar-refractivity contribution is 5.96. The van der Waals surface area contributed by atoms with Gasteiger partial charge in [-0.2, -0.15) is 0 Å². The summed E-state index contributed by atoms with van der Waals surface area (Å²) in [6.45, 7) is 9.85. The normalized spacial score (nSPS) is 61.0. The number of fused-ring (bicyclic) bond motifs is 2. The molecule has 0 aromatic rings. The van der Waals surface area contributed by atoms with Crippen LogP contribution in [0.3, 0.4) is 0 Å². The molecule has 28 heavy (non-hydrogen) atoms. The highest BCUT2D eigenvalue weighted by Crippen LogP contribution is 2.81. The van der Waals surface area contributed by atoms with E-state index in [2.05, 4.69) is 13.8 Å². The Kier molecular flexibility index (Phi) is 3.37. The molecule has 2 aliphatic heterocycles. The van der Waals surface area contributed by atoms with Gasteiger partial charge >= 0.3 is 0 Å². The standard InChI is InChI=1S/C22H34O6/c1-17(2)9-8-13(23)20-10-28-22(27,16(26)19(17,20)5)21-12(20)7-6-11(14(21)24)18(3,4)15(21)25/h11-14,16,23-24,26-27H,6-10H2,1-5H3/t11?,12?,13-,14+,16-,19+,20+,21?,22+/m0/s1.